The van der Waals surface area contributed by atoms with Gasteiger partial charge in [-0.05, 0) is 26.2 Å². The molecule has 94 valence electrons. The van der Waals surface area contributed by atoms with Crippen LogP contribution in [0.25, 0.3) is 0 Å². The summed E-state index contributed by atoms with van der Waals surface area (Å²) in [6.45, 7) is 4.82. The molecular formula is C11H18N4OS. The van der Waals surface area contributed by atoms with E-state index in [0.717, 1.165) is 18.9 Å². The standard InChI is InChI=1S/C11H18N4OS/c1-3-12-11-15-14-10(17-11)9(16)13-7(2)6-8-4-5-8/h7-8H,3-6H2,1-2H3,(H,12,15)(H,13,16). The van der Waals surface area contributed by atoms with Crippen molar-refractivity contribution in [3.8, 4) is 0 Å². The molecule has 0 aromatic carbocycles. The summed E-state index contributed by atoms with van der Waals surface area (Å²) in [4.78, 5) is 11.8. The van der Waals surface area contributed by atoms with Crippen LogP contribution >= 0.6 is 11.3 Å². The van der Waals surface area contributed by atoms with Gasteiger partial charge in [-0.25, -0.2) is 0 Å². The van der Waals surface area contributed by atoms with Gasteiger partial charge in [-0.3, -0.25) is 4.79 Å². The maximum Gasteiger partial charge on any atom is 0.282 e. The molecule has 2 N–H and O–H groups in total. The predicted molar refractivity (Wildman–Crippen MR) is 68.3 cm³/mol. The van der Waals surface area contributed by atoms with Crippen LogP contribution in [0.2, 0.25) is 0 Å². The van der Waals surface area contributed by atoms with Crippen molar-refractivity contribution < 1.29 is 4.79 Å². The molecule has 1 fully saturated rings. The van der Waals surface area contributed by atoms with Crippen LogP contribution in [0.4, 0.5) is 5.13 Å². The highest BCUT2D eigenvalue weighted by molar-refractivity contribution is 7.17. The lowest BCUT2D eigenvalue weighted by Crippen LogP contribution is -2.32. The normalized spacial score (nSPS) is 16.6. The van der Waals surface area contributed by atoms with E-state index in [-0.39, 0.29) is 11.9 Å². The van der Waals surface area contributed by atoms with Crippen molar-refractivity contribution in [1.82, 2.24) is 15.5 Å². The molecule has 17 heavy (non-hydrogen) atoms. The molecule has 0 saturated heterocycles. The summed E-state index contributed by atoms with van der Waals surface area (Å²) in [6.07, 6.45) is 3.69. The summed E-state index contributed by atoms with van der Waals surface area (Å²) in [6, 6.07) is 0.224. The maximum absolute atomic E-state index is 11.8. The largest absolute Gasteiger partial charge is 0.360 e. The summed E-state index contributed by atoms with van der Waals surface area (Å²) >= 11 is 1.30. The topological polar surface area (TPSA) is 66.9 Å². The predicted octanol–water partition coefficient (Wildman–Crippen LogP) is 1.89. The first-order chi connectivity index (χ1) is 8.19. The summed E-state index contributed by atoms with van der Waals surface area (Å²) < 4.78 is 0. The number of carbonyl (C=O) groups excluding carboxylic acids is 1. The zero-order chi connectivity index (χ0) is 12.3. The summed E-state index contributed by atoms with van der Waals surface area (Å²) in [7, 11) is 0. The number of nitrogens with one attached hydrogen (secondary N) is 2. The van der Waals surface area contributed by atoms with Crippen LogP contribution in [-0.4, -0.2) is 28.7 Å². The fourth-order valence-electron chi connectivity index (χ4n) is 1.74. The van der Waals surface area contributed by atoms with E-state index in [9.17, 15) is 4.79 Å². The van der Waals surface area contributed by atoms with Crippen LogP contribution in [-0.2, 0) is 0 Å². The molecule has 0 aliphatic heterocycles. The van der Waals surface area contributed by atoms with Gasteiger partial charge in [0.25, 0.3) is 5.91 Å². The molecular weight excluding hydrogens is 236 g/mol. The zero-order valence-electron chi connectivity index (χ0n) is 10.2. The van der Waals surface area contributed by atoms with E-state index in [1.165, 1.54) is 24.2 Å². The zero-order valence-corrected chi connectivity index (χ0v) is 11.0. The average Bonchev–Trinajstić information content (AvgIpc) is 2.95. The third-order valence-corrected chi connectivity index (χ3v) is 3.59. The molecule has 1 amide bonds. The molecule has 0 bridgehead atoms. The Morgan fingerprint density at radius 2 is 2.29 bits per heavy atom. The second-order valence-corrected chi connectivity index (χ2v) is 5.47. The summed E-state index contributed by atoms with van der Waals surface area (Å²) in [5.74, 6) is 0.705. The lowest BCUT2D eigenvalue weighted by Gasteiger charge is -2.11. The van der Waals surface area contributed by atoms with Gasteiger partial charge < -0.3 is 10.6 Å². The van der Waals surface area contributed by atoms with Gasteiger partial charge in [0, 0.05) is 12.6 Å². The molecule has 1 unspecified atom stereocenters. The van der Waals surface area contributed by atoms with Crippen LogP contribution in [0, 0.1) is 5.92 Å². The van der Waals surface area contributed by atoms with Gasteiger partial charge in [0.1, 0.15) is 0 Å². The summed E-state index contributed by atoms with van der Waals surface area (Å²) in [5.41, 5.74) is 0. The van der Waals surface area contributed by atoms with Crippen molar-refractivity contribution in [3.63, 3.8) is 0 Å². The first-order valence-electron chi connectivity index (χ1n) is 6.07. The number of anilines is 1. The molecule has 2 rings (SSSR count). The second-order valence-electron chi connectivity index (χ2n) is 4.50. The van der Waals surface area contributed by atoms with Crippen LogP contribution in [0.3, 0.4) is 0 Å². The molecule has 1 heterocycles. The summed E-state index contributed by atoms with van der Waals surface area (Å²) in [5, 5.41) is 14.9. The van der Waals surface area contributed by atoms with Crippen LogP contribution < -0.4 is 10.6 Å². The van der Waals surface area contributed by atoms with Gasteiger partial charge in [-0.2, -0.15) is 0 Å². The Kier molecular flexibility index (Phi) is 3.93. The molecule has 6 heteroatoms. The second kappa shape index (κ2) is 5.44. The highest BCUT2D eigenvalue weighted by Gasteiger charge is 2.25. The van der Waals surface area contributed by atoms with Crippen molar-refractivity contribution in [3.05, 3.63) is 5.01 Å². The fraction of sp³-hybridized carbons (Fsp3) is 0.727. The Morgan fingerprint density at radius 1 is 1.53 bits per heavy atom. The van der Waals surface area contributed by atoms with E-state index < -0.39 is 0 Å². The lowest BCUT2D eigenvalue weighted by molar-refractivity contribution is 0.0936. The van der Waals surface area contributed by atoms with E-state index in [2.05, 4.69) is 20.8 Å². The third kappa shape index (κ3) is 3.66. The highest BCUT2D eigenvalue weighted by Crippen LogP contribution is 2.33. The monoisotopic (exact) mass is 254 g/mol. The van der Waals surface area contributed by atoms with Gasteiger partial charge in [-0.15, -0.1) is 10.2 Å². The number of nitrogens with zero attached hydrogens (tertiary/aromatic N) is 2. The van der Waals surface area contributed by atoms with Crippen molar-refractivity contribution in [1.29, 1.82) is 0 Å². The number of carbonyl (C=O) groups is 1. The van der Waals surface area contributed by atoms with Gasteiger partial charge >= 0.3 is 0 Å². The molecule has 0 radical (unpaired) electrons. The van der Waals surface area contributed by atoms with Gasteiger partial charge in [0.05, 0.1) is 0 Å². The van der Waals surface area contributed by atoms with E-state index in [1.807, 2.05) is 13.8 Å². The third-order valence-electron chi connectivity index (χ3n) is 2.71. The SMILES string of the molecule is CCNc1nnc(C(=O)NC(C)CC2CC2)s1. The Balaban J connectivity index is 1.84. The van der Waals surface area contributed by atoms with Gasteiger partial charge in [-0.1, -0.05) is 24.2 Å². The van der Waals surface area contributed by atoms with Crippen LogP contribution in [0.1, 0.15) is 42.9 Å². The molecule has 1 aliphatic rings. The van der Waals surface area contributed by atoms with Crippen LogP contribution in [0.15, 0.2) is 0 Å². The molecule has 1 aromatic rings. The number of aromatic nitrogens is 2. The molecule has 0 spiro atoms. The van der Waals surface area contributed by atoms with Crippen LogP contribution in [0.5, 0.6) is 0 Å². The number of hydrogen-bond donors (Lipinski definition) is 2. The Hall–Kier alpha value is -1.17. The minimum absolute atomic E-state index is 0.111. The van der Waals surface area contributed by atoms with Crippen molar-refractivity contribution >= 4 is 22.4 Å². The Morgan fingerprint density at radius 3 is 2.94 bits per heavy atom. The minimum Gasteiger partial charge on any atom is -0.360 e. The molecule has 1 atom stereocenters. The first kappa shape index (κ1) is 12.3. The van der Waals surface area contributed by atoms with E-state index >= 15 is 0 Å². The molecule has 1 aromatic heterocycles. The minimum atomic E-state index is -0.111. The highest BCUT2D eigenvalue weighted by atomic mass is 32.1. The molecule has 1 aliphatic carbocycles. The molecule has 1 saturated carbocycles. The van der Waals surface area contributed by atoms with Crippen molar-refractivity contribution in [2.45, 2.75) is 39.2 Å². The van der Waals surface area contributed by atoms with Crippen molar-refractivity contribution in [2.75, 3.05) is 11.9 Å². The number of rotatable bonds is 6. The lowest BCUT2D eigenvalue weighted by atomic mass is 10.1. The number of amides is 1. The van der Waals surface area contributed by atoms with E-state index in [1.54, 1.807) is 0 Å². The smallest absolute Gasteiger partial charge is 0.282 e. The average molecular weight is 254 g/mol. The fourth-order valence-corrected chi connectivity index (χ4v) is 2.45. The van der Waals surface area contributed by atoms with E-state index in [4.69, 9.17) is 0 Å². The Bertz CT molecular complexity index is 389. The Labute approximate surface area is 105 Å². The molecule has 5 nitrogen and oxygen atoms in total. The quantitative estimate of drug-likeness (QED) is 0.813. The van der Waals surface area contributed by atoms with Gasteiger partial charge in [0.2, 0.25) is 10.1 Å². The van der Waals surface area contributed by atoms with E-state index in [0.29, 0.717) is 10.1 Å². The first-order valence-corrected chi connectivity index (χ1v) is 6.89. The van der Waals surface area contributed by atoms with Crippen molar-refractivity contribution in [2.24, 2.45) is 5.92 Å². The maximum atomic E-state index is 11.8. The number of hydrogen-bond acceptors (Lipinski definition) is 5. The van der Waals surface area contributed by atoms with Gasteiger partial charge in [0.15, 0.2) is 0 Å².